The monoisotopic (exact) mass is 203 g/mol. The maximum absolute atomic E-state index is 9.09. The maximum Gasteiger partial charge on any atom is 0.0939 e. The average Bonchev–Trinajstić information content (AvgIpc) is 2.68. The summed E-state index contributed by atoms with van der Waals surface area (Å²) in [5.74, 6) is 0.201. The lowest BCUT2D eigenvalue weighted by Gasteiger charge is -2.11. The Morgan fingerprint density at radius 3 is 2.60 bits per heavy atom. The summed E-state index contributed by atoms with van der Waals surface area (Å²) < 4.78 is 0. The van der Waals surface area contributed by atoms with Gasteiger partial charge in [0, 0.05) is 5.92 Å². The smallest absolute Gasteiger partial charge is 0.0939 e. The molecule has 1 unspecified atom stereocenters. The van der Waals surface area contributed by atoms with Crippen molar-refractivity contribution in [1.82, 2.24) is 15.2 Å². The summed E-state index contributed by atoms with van der Waals surface area (Å²) >= 11 is 0. The number of benzene rings is 1. The van der Waals surface area contributed by atoms with E-state index in [4.69, 9.17) is 5.21 Å². The van der Waals surface area contributed by atoms with Crippen molar-refractivity contribution in [3.05, 3.63) is 47.8 Å². The Balaban J connectivity index is 2.33. The van der Waals surface area contributed by atoms with E-state index in [1.54, 1.807) is 6.20 Å². The van der Waals surface area contributed by atoms with Crippen LogP contribution >= 0.6 is 0 Å². The predicted molar refractivity (Wildman–Crippen MR) is 55.8 cm³/mol. The third-order valence-corrected chi connectivity index (χ3v) is 2.47. The first-order valence-electron chi connectivity index (χ1n) is 4.97. The van der Waals surface area contributed by atoms with E-state index in [0.717, 1.165) is 17.0 Å². The second kappa shape index (κ2) is 4.13. The number of hydrogen-bond acceptors (Lipinski definition) is 3. The molecule has 0 aliphatic carbocycles. The molecule has 0 amide bonds. The molecule has 1 aromatic heterocycles. The summed E-state index contributed by atoms with van der Waals surface area (Å²) in [5, 5.41) is 16.5. The predicted octanol–water partition coefficient (Wildman–Crippen LogP) is 2.06. The Kier molecular flexibility index (Phi) is 2.67. The van der Waals surface area contributed by atoms with E-state index in [9.17, 15) is 0 Å². The molecule has 0 saturated heterocycles. The van der Waals surface area contributed by atoms with Gasteiger partial charge in [0.15, 0.2) is 0 Å². The molecule has 78 valence electrons. The van der Waals surface area contributed by atoms with Crippen molar-refractivity contribution in [3.8, 4) is 0 Å². The third-order valence-electron chi connectivity index (χ3n) is 2.47. The molecule has 4 nitrogen and oxygen atoms in total. The molecule has 2 aromatic rings. The molecule has 1 atom stereocenters. The first kappa shape index (κ1) is 9.71. The zero-order chi connectivity index (χ0) is 10.7. The van der Waals surface area contributed by atoms with E-state index in [1.807, 2.05) is 18.2 Å². The highest BCUT2D eigenvalue weighted by Crippen LogP contribution is 2.25. The molecular weight excluding hydrogens is 190 g/mol. The zero-order valence-corrected chi connectivity index (χ0v) is 8.54. The van der Waals surface area contributed by atoms with Crippen LogP contribution in [0.4, 0.5) is 0 Å². The molecule has 4 heteroatoms. The second-order valence-electron chi connectivity index (χ2n) is 3.44. The number of hydrogen-bond donors (Lipinski definition) is 1. The molecule has 0 spiro atoms. The summed E-state index contributed by atoms with van der Waals surface area (Å²) in [6, 6.07) is 10.1. The molecule has 2 rings (SSSR count). The number of aromatic nitrogens is 3. The van der Waals surface area contributed by atoms with E-state index in [-0.39, 0.29) is 5.92 Å². The van der Waals surface area contributed by atoms with Gasteiger partial charge in [0.05, 0.1) is 11.9 Å². The fourth-order valence-electron chi connectivity index (χ4n) is 1.73. The van der Waals surface area contributed by atoms with Gasteiger partial charge < -0.3 is 5.21 Å². The van der Waals surface area contributed by atoms with Gasteiger partial charge in [0.1, 0.15) is 0 Å². The number of rotatable bonds is 3. The number of nitrogens with zero attached hydrogens (tertiary/aromatic N) is 3. The summed E-state index contributed by atoms with van der Waals surface area (Å²) in [7, 11) is 0. The summed E-state index contributed by atoms with van der Waals surface area (Å²) in [6.45, 7) is 2.09. The standard InChI is InChI=1S/C11H13N3O/c1-2-10(9-6-4-3-5-7-9)11-8-14(15)13-12-11/h3-8,10,15H,2H2,1H3. The van der Waals surface area contributed by atoms with Crippen molar-refractivity contribution < 1.29 is 5.21 Å². The molecule has 15 heavy (non-hydrogen) atoms. The van der Waals surface area contributed by atoms with Gasteiger partial charge in [-0.05, 0) is 17.2 Å². The zero-order valence-electron chi connectivity index (χ0n) is 8.54. The van der Waals surface area contributed by atoms with Gasteiger partial charge in [0.25, 0.3) is 0 Å². The van der Waals surface area contributed by atoms with Crippen LogP contribution in [-0.4, -0.2) is 20.4 Å². The van der Waals surface area contributed by atoms with Crippen molar-refractivity contribution in [1.29, 1.82) is 0 Å². The van der Waals surface area contributed by atoms with Crippen LogP contribution in [0.25, 0.3) is 0 Å². The first-order chi connectivity index (χ1) is 7.31. The Bertz CT molecular complexity index is 424. The lowest BCUT2D eigenvalue weighted by atomic mass is 9.94. The van der Waals surface area contributed by atoms with Crippen LogP contribution in [0.2, 0.25) is 0 Å². The summed E-state index contributed by atoms with van der Waals surface area (Å²) in [5.41, 5.74) is 1.99. The van der Waals surface area contributed by atoms with Crippen LogP contribution in [-0.2, 0) is 0 Å². The topological polar surface area (TPSA) is 50.9 Å². The molecule has 1 heterocycles. The Labute approximate surface area is 88.1 Å². The lowest BCUT2D eigenvalue weighted by molar-refractivity contribution is 0.143. The quantitative estimate of drug-likeness (QED) is 0.777. The molecular formula is C11H13N3O. The maximum atomic E-state index is 9.09. The summed E-state index contributed by atoms with van der Waals surface area (Å²) in [6.07, 6.45) is 2.48. The Morgan fingerprint density at radius 1 is 1.33 bits per heavy atom. The largest absolute Gasteiger partial charge is 0.411 e. The Hall–Kier alpha value is -1.84. The van der Waals surface area contributed by atoms with Crippen LogP contribution in [0, 0.1) is 0 Å². The fourth-order valence-corrected chi connectivity index (χ4v) is 1.73. The molecule has 0 aliphatic rings. The van der Waals surface area contributed by atoms with E-state index in [0.29, 0.717) is 0 Å². The van der Waals surface area contributed by atoms with Gasteiger partial charge in [-0.2, -0.15) is 0 Å². The van der Waals surface area contributed by atoms with E-state index in [2.05, 4.69) is 29.4 Å². The lowest BCUT2D eigenvalue weighted by Crippen LogP contribution is -1.99. The van der Waals surface area contributed by atoms with Crippen molar-refractivity contribution in [2.45, 2.75) is 19.3 Å². The molecule has 0 aliphatic heterocycles. The van der Waals surface area contributed by atoms with E-state index in [1.165, 1.54) is 5.56 Å². The summed E-state index contributed by atoms with van der Waals surface area (Å²) in [4.78, 5) is 0.751. The SMILES string of the molecule is CCC(c1ccccc1)c1cn(O)nn1. The molecule has 0 bridgehead atoms. The third kappa shape index (κ3) is 1.98. The highest BCUT2D eigenvalue weighted by atomic mass is 16.5. The van der Waals surface area contributed by atoms with Crippen LogP contribution in [0.3, 0.4) is 0 Å². The van der Waals surface area contributed by atoms with E-state index >= 15 is 0 Å². The van der Waals surface area contributed by atoms with Crippen LogP contribution < -0.4 is 0 Å². The van der Waals surface area contributed by atoms with Crippen LogP contribution in [0.15, 0.2) is 36.5 Å². The van der Waals surface area contributed by atoms with Gasteiger partial charge in [-0.1, -0.05) is 42.1 Å². The first-order valence-corrected chi connectivity index (χ1v) is 4.97. The minimum absolute atomic E-state index is 0.201. The van der Waals surface area contributed by atoms with Gasteiger partial charge in [-0.3, -0.25) is 0 Å². The highest BCUT2D eigenvalue weighted by Gasteiger charge is 2.15. The molecule has 0 saturated carbocycles. The molecule has 1 N–H and O–H groups in total. The normalized spacial score (nSPS) is 12.6. The van der Waals surface area contributed by atoms with Crippen molar-refractivity contribution in [2.75, 3.05) is 0 Å². The minimum atomic E-state index is 0.201. The molecule has 0 radical (unpaired) electrons. The average molecular weight is 203 g/mol. The minimum Gasteiger partial charge on any atom is -0.411 e. The van der Waals surface area contributed by atoms with Crippen LogP contribution in [0.1, 0.15) is 30.5 Å². The van der Waals surface area contributed by atoms with Crippen molar-refractivity contribution >= 4 is 0 Å². The van der Waals surface area contributed by atoms with Gasteiger partial charge in [-0.25, -0.2) is 0 Å². The van der Waals surface area contributed by atoms with Crippen molar-refractivity contribution in [3.63, 3.8) is 0 Å². The Morgan fingerprint density at radius 2 is 2.07 bits per heavy atom. The molecule has 1 aromatic carbocycles. The van der Waals surface area contributed by atoms with Crippen molar-refractivity contribution in [2.24, 2.45) is 0 Å². The van der Waals surface area contributed by atoms with Gasteiger partial charge in [-0.15, -0.1) is 5.10 Å². The van der Waals surface area contributed by atoms with Gasteiger partial charge >= 0.3 is 0 Å². The fraction of sp³-hybridized carbons (Fsp3) is 0.273. The van der Waals surface area contributed by atoms with E-state index < -0.39 is 0 Å². The molecule has 0 fully saturated rings. The highest BCUT2D eigenvalue weighted by molar-refractivity contribution is 5.26. The second-order valence-corrected chi connectivity index (χ2v) is 3.44. The van der Waals surface area contributed by atoms with Crippen LogP contribution in [0.5, 0.6) is 0 Å². The van der Waals surface area contributed by atoms with Gasteiger partial charge in [0.2, 0.25) is 0 Å².